The lowest BCUT2D eigenvalue weighted by Crippen LogP contribution is -2.38. The summed E-state index contributed by atoms with van der Waals surface area (Å²) in [6, 6.07) is 7.85. The van der Waals surface area contributed by atoms with Crippen molar-refractivity contribution in [3.05, 3.63) is 59.4 Å². The first-order valence-electron chi connectivity index (χ1n) is 9.30. The van der Waals surface area contributed by atoms with Gasteiger partial charge in [-0.2, -0.15) is 4.72 Å². The first-order chi connectivity index (χ1) is 15.4. The number of nitrogens with zero attached hydrogens (tertiary/aromatic N) is 1. The third-order valence-electron chi connectivity index (χ3n) is 4.19. The lowest BCUT2D eigenvalue weighted by molar-refractivity contribution is -0.150. The van der Waals surface area contributed by atoms with Gasteiger partial charge >= 0.3 is 5.97 Å². The average molecular weight is 487 g/mol. The largest absolute Gasteiger partial charge is 0.455 e. The molecule has 0 fully saturated rings. The zero-order chi connectivity index (χ0) is 24.8. The van der Waals surface area contributed by atoms with Gasteiger partial charge in [-0.25, -0.2) is 21.6 Å². The molecule has 0 aliphatic rings. The quantitative estimate of drug-likeness (QED) is 0.407. The van der Waals surface area contributed by atoms with Gasteiger partial charge in [-0.3, -0.25) is 14.4 Å². The molecule has 2 aromatic carbocycles. The van der Waals surface area contributed by atoms with E-state index >= 15 is 0 Å². The van der Waals surface area contributed by atoms with Crippen LogP contribution >= 0.6 is 0 Å². The van der Waals surface area contributed by atoms with Crippen molar-refractivity contribution in [3.63, 3.8) is 0 Å². The van der Waals surface area contributed by atoms with Gasteiger partial charge in [0.2, 0.25) is 15.9 Å². The normalized spacial score (nSPS) is 11.1. The molecule has 0 heterocycles. The van der Waals surface area contributed by atoms with Crippen LogP contribution in [-0.2, 0) is 29.1 Å². The number of carbonyl (C=O) groups is 3. The number of hydrogen-bond acceptors (Lipinski definition) is 6. The molecular weight excluding hydrogens is 467 g/mol. The van der Waals surface area contributed by atoms with Gasteiger partial charge in [0.25, 0.3) is 5.91 Å². The summed E-state index contributed by atoms with van der Waals surface area (Å²) >= 11 is 0. The highest BCUT2D eigenvalue weighted by Crippen LogP contribution is 2.19. The van der Waals surface area contributed by atoms with E-state index in [1.165, 1.54) is 7.05 Å². The van der Waals surface area contributed by atoms with Gasteiger partial charge < -0.3 is 15.0 Å². The van der Waals surface area contributed by atoms with Crippen LogP contribution < -0.4 is 10.0 Å². The zero-order valence-electron chi connectivity index (χ0n) is 17.5. The van der Waals surface area contributed by atoms with Crippen molar-refractivity contribution in [2.75, 3.05) is 32.1 Å². The number of rotatable bonds is 9. The maximum atomic E-state index is 13.7. The molecule has 9 nitrogen and oxygen atoms in total. The van der Waals surface area contributed by atoms with Gasteiger partial charge in [-0.05, 0) is 31.2 Å². The Kier molecular flexibility index (Phi) is 8.54. The van der Waals surface area contributed by atoms with E-state index in [0.29, 0.717) is 17.8 Å². The number of benzene rings is 2. The molecule has 0 atom stereocenters. The fourth-order valence-electron chi connectivity index (χ4n) is 2.39. The zero-order valence-corrected chi connectivity index (χ0v) is 18.3. The van der Waals surface area contributed by atoms with Gasteiger partial charge in [0.1, 0.15) is 11.4 Å². The summed E-state index contributed by atoms with van der Waals surface area (Å²) in [6.07, 6.45) is 0. The van der Waals surface area contributed by atoms with Crippen LogP contribution in [0.3, 0.4) is 0 Å². The number of carbonyl (C=O) groups excluding carboxylic acids is 3. The molecule has 0 unspecified atom stereocenters. The number of ether oxygens (including phenoxy) is 1. The summed E-state index contributed by atoms with van der Waals surface area (Å²) in [4.78, 5) is 35.5. The Balaban J connectivity index is 1.81. The van der Waals surface area contributed by atoms with E-state index in [4.69, 9.17) is 0 Å². The molecule has 0 aromatic heterocycles. The smallest absolute Gasteiger partial charge is 0.321 e. The van der Waals surface area contributed by atoms with E-state index in [1.54, 1.807) is 29.0 Å². The van der Waals surface area contributed by atoms with E-state index in [0.717, 1.165) is 10.5 Å². The molecule has 0 radical (unpaired) electrons. The molecule has 2 N–H and O–H groups in total. The molecule has 13 heteroatoms. The predicted molar refractivity (Wildman–Crippen MR) is 110 cm³/mol. The minimum Gasteiger partial charge on any atom is -0.455 e. The topological polar surface area (TPSA) is 122 Å². The second-order valence-electron chi connectivity index (χ2n) is 6.82. The number of aryl methyl sites for hydroxylation is 1. The van der Waals surface area contributed by atoms with Crippen LogP contribution in [0.4, 0.5) is 18.9 Å². The summed E-state index contributed by atoms with van der Waals surface area (Å²) in [7, 11) is -3.42. The Morgan fingerprint density at radius 1 is 1.00 bits per heavy atom. The van der Waals surface area contributed by atoms with Gasteiger partial charge in [0, 0.05) is 12.7 Å². The molecule has 0 saturated carbocycles. The Labute approximate surface area is 187 Å². The Bertz CT molecular complexity index is 1160. The number of likely N-dealkylation sites (N-methyl/N-ethyl adjacent to an activating group) is 1. The molecular formula is C20H20F3N3O6S. The maximum absolute atomic E-state index is 13.7. The molecule has 0 bridgehead atoms. The number of amides is 2. The molecule has 0 saturated heterocycles. The fraction of sp³-hybridized carbons (Fsp3) is 0.250. The van der Waals surface area contributed by atoms with Gasteiger partial charge in [0.05, 0.1) is 6.54 Å². The first kappa shape index (κ1) is 25.8. The maximum Gasteiger partial charge on any atom is 0.321 e. The average Bonchev–Trinajstić information content (AvgIpc) is 2.75. The Morgan fingerprint density at radius 3 is 2.27 bits per heavy atom. The van der Waals surface area contributed by atoms with Gasteiger partial charge in [-0.15, -0.1) is 0 Å². The van der Waals surface area contributed by atoms with E-state index in [1.807, 2.05) is 6.92 Å². The summed E-state index contributed by atoms with van der Waals surface area (Å²) in [6.45, 7) is -0.266. The van der Waals surface area contributed by atoms with E-state index in [9.17, 15) is 36.0 Å². The van der Waals surface area contributed by atoms with Crippen molar-refractivity contribution in [3.8, 4) is 0 Å². The van der Waals surface area contributed by atoms with Crippen molar-refractivity contribution in [1.29, 1.82) is 0 Å². The van der Waals surface area contributed by atoms with E-state index in [2.05, 4.69) is 10.1 Å². The van der Waals surface area contributed by atoms with Crippen LogP contribution in [0, 0.1) is 24.4 Å². The lowest BCUT2D eigenvalue weighted by Gasteiger charge is -2.17. The van der Waals surface area contributed by atoms with Crippen molar-refractivity contribution in [2.45, 2.75) is 11.8 Å². The first-order valence-corrected chi connectivity index (χ1v) is 10.8. The third kappa shape index (κ3) is 7.29. The number of esters is 1. The van der Waals surface area contributed by atoms with Crippen molar-refractivity contribution in [2.24, 2.45) is 0 Å². The molecule has 0 spiro atoms. The van der Waals surface area contributed by atoms with Crippen LogP contribution in [0.25, 0.3) is 0 Å². The molecule has 33 heavy (non-hydrogen) atoms. The minimum atomic E-state index is -4.71. The lowest BCUT2D eigenvalue weighted by atomic mass is 10.2. The van der Waals surface area contributed by atoms with Crippen LogP contribution in [0.15, 0.2) is 41.3 Å². The predicted octanol–water partition coefficient (Wildman–Crippen LogP) is 1.33. The third-order valence-corrected chi connectivity index (χ3v) is 5.61. The van der Waals surface area contributed by atoms with Crippen LogP contribution in [0.2, 0.25) is 0 Å². The molecule has 2 aromatic rings. The van der Waals surface area contributed by atoms with E-state index in [-0.39, 0.29) is 6.54 Å². The minimum absolute atomic E-state index is 0.341. The van der Waals surface area contributed by atoms with Crippen LogP contribution in [-0.4, -0.2) is 57.8 Å². The number of anilines is 1. The van der Waals surface area contributed by atoms with Crippen molar-refractivity contribution in [1.82, 2.24) is 9.62 Å². The molecule has 178 valence electrons. The Hall–Kier alpha value is -3.45. The SMILES string of the molecule is Cc1ccc(NC(=O)CN(C)C(=O)COC(=O)CNS(=O)(=O)c2ccc(F)c(F)c2F)cc1. The Morgan fingerprint density at radius 2 is 1.64 bits per heavy atom. The summed E-state index contributed by atoms with van der Waals surface area (Å²) in [5, 5.41) is 2.59. The van der Waals surface area contributed by atoms with Gasteiger partial charge in [-0.1, -0.05) is 17.7 Å². The highest BCUT2D eigenvalue weighted by Gasteiger charge is 2.25. The molecule has 2 rings (SSSR count). The molecule has 2 amide bonds. The van der Waals surface area contributed by atoms with Crippen molar-refractivity contribution >= 4 is 33.5 Å². The highest BCUT2D eigenvalue weighted by molar-refractivity contribution is 7.89. The van der Waals surface area contributed by atoms with Crippen LogP contribution in [0.1, 0.15) is 5.56 Å². The summed E-state index contributed by atoms with van der Waals surface area (Å²) in [5.74, 6) is -7.97. The molecule has 0 aliphatic carbocycles. The second-order valence-corrected chi connectivity index (χ2v) is 8.56. The standard InChI is InChI=1S/C20H20F3N3O6S/c1-12-3-5-13(6-4-12)25-16(27)10-26(2)17(28)11-32-18(29)9-24-33(30,31)15-8-7-14(21)19(22)20(15)23/h3-8,24H,9-11H2,1-2H3,(H,25,27). The number of hydrogen-bond donors (Lipinski definition) is 2. The van der Waals surface area contributed by atoms with Crippen LogP contribution in [0.5, 0.6) is 0 Å². The number of nitrogens with one attached hydrogen (secondary N) is 2. The van der Waals surface area contributed by atoms with Crippen molar-refractivity contribution < 1.29 is 40.7 Å². The van der Waals surface area contributed by atoms with E-state index < -0.39 is 63.3 Å². The number of halogens is 3. The summed E-state index contributed by atoms with van der Waals surface area (Å²) < 4.78 is 70.1. The monoisotopic (exact) mass is 487 g/mol. The van der Waals surface area contributed by atoms with Gasteiger partial charge in [0.15, 0.2) is 24.1 Å². The summed E-state index contributed by atoms with van der Waals surface area (Å²) in [5.41, 5.74) is 1.53. The second kappa shape index (κ2) is 10.9. The number of sulfonamides is 1. The molecule has 0 aliphatic heterocycles. The highest BCUT2D eigenvalue weighted by atomic mass is 32.2. The fourth-order valence-corrected chi connectivity index (χ4v) is 3.43.